The van der Waals surface area contributed by atoms with Crippen LogP contribution in [0.4, 0.5) is 0 Å². The Balaban J connectivity index is 1.33. The second kappa shape index (κ2) is 6.39. The largest absolute Gasteiger partial charge is 0.314 e. The fraction of sp³-hybridized carbons (Fsp3) is 0.875. The second-order valence-corrected chi connectivity index (χ2v) is 9.45. The Morgan fingerprint density at radius 2 is 1.95 bits per heavy atom. The summed E-state index contributed by atoms with van der Waals surface area (Å²) in [5.74, 6) is 2.84. The van der Waals surface area contributed by atoms with Crippen molar-refractivity contribution in [2.45, 2.75) is 31.7 Å². The minimum absolute atomic E-state index is 0.294. The van der Waals surface area contributed by atoms with Gasteiger partial charge in [0.15, 0.2) is 0 Å². The van der Waals surface area contributed by atoms with E-state index in [1.54, 1.807) is 0 Å². The predicted octanol–water partition coefficient (Wildman–Crippen LogP) is 1.30. The lowest BCUT2D eigenvalue weighted by Gasteiger charge is -2.33. The third-order valence-corrected chi connectivity index (χ3v) is 6.38. The molecule has 120 valence electrons. The second-order valence-electron chi connectivity index (χ2n) is 7.19. The smallest absolute Gasteiger partial charge is 0.148 e. The molecule has 1 saturated carbocycles. The molecular formula is C16H28N2O2S. The molecule has 21 heavy (non-hydrogen) atoms. The van der Waals surface area contributed by atoms with E-state index in [0.717, 1.165) is 43.7 Å². The van der Waals surface area contributed by atoms with Crippen molar-refractivity contribution in [1.29, 1.82) is 0 Å². The topological polar surface area (TPSA) is 49.4 Å². The highest BCUT2D eigenvalue weighted by Gasteiger charge is 2.35. The lowest BCUT2D eigenvalue weighted by atomic mass is 9.93. The number of hydrogen-bond donors (Lipinski definition) is 1. The number of nitrogens with zero attached hydrogens (tertiary/aromatic N) is 1. The summed E-state index contributed by atoms with van der Waals surface area (Å²) in [6.45, 7) is 3.93. The minimum Gasteiger partial charge on any atom is -0.314 e. The lowest BCUT2D eigenvalue weighted by Crippen LogP contribution is -2.45. The van der Waals surface area contributed by atoms with E-state index in [0.29, 0.717) is 18.3 Å². The van der Waals surface area contributed by atoms with Gasteiger partial charge in [0.05, 0.1) is 5.75 Å². The molecule has 2 bridgehead atoms. The van der Waals surface area contributed by atoms with E-state index in [1.807, 2.05) is 0 Å². The van der Waals surface area contributed by atoms with Gasteiger partial charge in [-0.15, -0.1) is 0 Å². The van der Waals surface area contributed by atoms with Crippen molar-refractivity contribution >= 4 is 9.84 Å². The molecule has 1 heterocycles. The molecular weight excluding hydrogens is 284 g/mol. The first-order valence-electron chi connectivity index (χ1n) is 8.31. The zero-order valence-corrected chi connectivity index (χ0v) is 13.8. The molecule has 3 aliphatic rings. The number of piperidine rings is 1. The van der Waals surface area contributed by atoms with E-state index in [2.05, 4.69) is 22.4 Å². The molecule has 0 aromatic carbocycles. The average Bonchev–Trinajstić information content (AvgIpc) is 3.05. The number of sulfone groups is 1. The van der Waals surface area contributed by atoms with E-state index < -0.39 is 9.84 Å². The summed E-state index contributed by atoms with van der Waals surface area (Å²) in [7, 11) is -2.83. The van der Waals surface area contributed by atoms with Crippen LogP contribution in [-0.2, 0) is 9.84 Å². The van der Waals surface area contributed by atoms with Crippen LogP contribution in [0.15, 0.2) is 12.2 Å². The highest BCUT2D eigenvalue weighted by atomic mass is 32.2. The van der Waals surface area contributed by atoms with Gasteiger partial charge in [0.2, 0.25) is 0 Å². The number of rotatable bonds is 6. The maximum Gasteiger partial charge on any atom is 0.148 e. The molecule has 0 aromatic rings. The maximum absolute atomic E-state index is 11.2. The molecule has 3 rings (SSSR count). The molecule has 2 fully saturated rings. The highest BCUT2D eigenvalue weighted by molar-refractivity contribution is 7.90. The van der Waals surface area contributed by atoms with Crippen LogP contribution >= 0.6 is 0 Å². The van der Waals surface area contributed by atoms with Crippen LogP contribution in [0, 0.1) is 17.8 Å². The molecule has 1 aliphatic heterocycles. The molecule has 1 N–H and O–H groups in total. The van der Waals surface area contributed by atoms with Gasteiger partial charge in [0, 0.05) is 18.8 Å². The molecule has 1 saturated heterocycles. The van der Waals surface area contributed by atoms with Crippen molar-refractivity contribution < 1.29 is 8.42 Å². The fourth-order valence-corrected chi connectivity index (χ4v) is 4.69. The van der Waals surface area contributed by atoms with Crippen LogP contribution in [0.2, 0.25) is 0 Å². The Hall–Kier alpha value is -0.390. The number of nitrogens with one attached hydrogen (secondary N) is 1. The molecule has 0 amide bonds. The fourth-order valence-electron chi connectivity index (χ4n) is 4.10. The van der Waals surface area contributed by atoms with Gasteiger partial charge in [-0.1, -0.05) is 12.2 Å². The van der Waals surface area contributed by atoms with E-state index in [4.69, 9.17) is 0 Å². The zero-order valence-electron chi connectivity index (χ0n) is 13.0. The van der Waals surface area contributed by atoms with Crippen LogP contribution in [0.5, 0.6) is 0 Å². The Morgan fingerprint density at radius 1 is 1.19 bits per heavy atom. The van der Waals surface area contributed by atoms with Crippen molar-refractivity contribution in [2.24, 2.45) is 17.8 Å². The van der Waals surface area contributed by atoms with Crippen LogP contribution in [-0.4, -0.2) is 57.5 Å². The van der Waals surface area contributed by atoms with Crippen LogP contribution in [0.1, 0.15) is 25.7 Å². The molecule has 5 heteroatoms. The molecule has 2 aliphatic carbocycles. The first kappa shape index (κ1) is 15.5. The molecule has 3 atom stereocenters. The van der Waals surface area contributed by atoms with Crippen molar-refractivity contribution in [1.82, 2.24) is 10.2 Å². The van der Waals surface area contributed by atoms with Crippen LogP contribution in [0.25, 0.3) is 0 Å². The average molecular weight is 312 g/mol. The Bertz CT molecular complexity index is 481. The quantitative estimate of drug-likeness (QED) is 0.751. The first-order chi connectivity index (χ1) is 9.99. The van der Waals surface area contributed by atoms with Gasteiger partial charge >= 0.3 is 0 Å². The summed E-state index contributed by atoms with van der Waals surface area (Å²) in [5.41, 5.74) is 0. The summed E-state index contributed by atoms with van der Waals surface area (Å²) < 4.78 is 22.4. The molecule has 4 nitrogen and oxygen atoms in total. The summed E-state index contributed by atoms with van der Waals surface area (Å²) >= 11 is 0. The van der Waals surface area contributed by atoms with Crippen molar-refractivity contribution in [3.8, 4) is 0 Å². The monoisotopic (exact) mass is 312 g/mol. The number of fused-ring (bicyclic) bond motifs is 2. The Morgan fingerprint density at radius 3 is 2.52 bits per heavy atom. The summed E-state index contributed by atoms with van der Waals surface area (Å²) in [4.78, 5) is 2.29. The van der Waals surface area contributed by atoms with E-state index in [1.165, 1.54) is 25.6 Å². The van der Waals surface area contributed by atoms with Crippen molar-refractivity contribution in [2.75, 3.05) is 38.2 Å². The van der Waals surface area contributed by atoms with Gasteiger partial charge in [0.25, 0.3) is 0 Å². The molecule has 0 unspecified atom stereocenters. The van der Waals surface area contributed by atoms with E-state index >= 15 is 0 Å². The summed E-state index contributed by atoms with van der Waals surface area (Å²) in [5, 5.41) is 3.76. The van der Waals surface area contributed by atoms with Gasteiger partial charge in [0.1, 0.15) is 9.84 Å². The third-order valence-electron chi connectivity index (χ3n) is 5.45. The third kappa shape index (κ3) is 4.30. The van der Waals surface area contributed by atoms with Crippen molar-refractivity contribution in [3.63, 3.8) is 0 Å². The Kier molecular flexibility index (Phi) is 4.71. The standard InChI is InChI=1S/C16H28N2O2S/c1-21(19,20)9-8-18-6-4-16(5-7-18)17-12-15-11-13-2-3-14(15)10-13/h2-3,13-17H,4-12H2,1H3/t13-,14-,15+/m0/s1. The van der Waals surface area contributed by atoms with E-state index in [-0.39, 0.29) is 0 Å². The summed E-state index contributed by atoms with van der Waals surface area (Å²) in [6, 6.07) is 0.627. The number of allylic oxidation sites excluding steroid dienone is 2. The maximum atomic E-state index is 11.2. The minimum atomic E-state index is -2.83. The zero-order chi connectivity index (χ0) is 14.9. The normalized spacial score (nSPS) is 33.9. The van der Waals surface area contributed by atoms with Gasteiger partial charge in [-0.05, 0) is 63.1 Å². The van der Waals surface area contributed by atoms with E-state index in [9.17, 15) is 8.42 Å². The molecule has 0 aromatic heterocycles. The van der Waals surface area contributed by atoms with Gasteiger partial charge in [-0.2, -0.15) is 0 Å². The molecule has 0 radical (unpaired) electrons. The van der Waals surface area contributed by atoms with Crippen LogP contribution in [0.3, 0.4) is 0 Å². The number of hydrogen-bond acceptors (Lipinski definition) is 4. The lowest BCUT2D eigenvalue weighted by molar-refractivity contribution is 0.202. The van der Waals surface area contributed by atoms with Crippen LogP contribution < -0.4 is 5.32 Å². The van der Waals surface area contributed by atoms with Gasteiger partial charge in [-0.25, -0.2) is 8.42 Å². The predicted molar refractivity (Wildman–Crippen MR) is 86.0 cm³/mol. The number of likely N-dealkylation sites (tertiary alicyclic amines) is 1. The Labute approximate surface area is 128 Å². The highest BCUT2D eigenvalue weighted by Crippen LogP contribution is 2.43. The summed E-state index contributed by atoms with van der Waals surface area (Å²) in [6.07, 6.45) is 11.2. The van der Waals surface area contributed by atoms with Gasteiger partial charge < -0.3 is 10.2 Å². The van der Waals surface area contributed by atoms with Crippen molar-refractivity contribution in [3.05, 3.63) is 12.2 Å². The molecule has 0 spiro atoms. The van der Waals surface area contributed by atoms with Gasteiger partial charge in [-0.3, -0.25) is 0 Å². The SMILES string of the molecule is CS(=O)(=O)CCN1CCC(NC[C@H]2C[C@H]3C=C[C@H]2C3)CC1. The first-order valence-corrected chi connectivity index (χ1v) is 10.4.